The predicted molar refractivity (Wildman–Crippen MR) is 216 cm³/mol. The molecule has 0 amide bonds. The van der Waals surface area contributed by atoms with Gasteiger partial charge >= 0.3 is 0 Å². The Kier molecular flexibility index (Phi) is 5.66. The summed E-state index contributed by atoms with van der Waals surface area (Å²) in [5, 5.41) is 10.6. The summed E-state index contributed by atoms with van der Waals surface area (Å²) in [7, 11) is -1.82. The summed E-state index contributed by atoms with van der Waals surface area (Å²) in [6.07, 6.45) is 0. The van der Waals surface area contributed by atoms with Gasteiger partial charge in [0.1, 0.15) is 0 Å². The second-order valence-corrected chi connectivity index (χ2v) is 20.0. The Balaban J connectivity index is 1.40. The summed E-state index contributed by atoms with van der Waals surface area (Å²) in [5.74, 6) is 0. The minimum atomic E-state index is -1.82. The molecule has 0 aliphatic carbocycles. The lowest BCUT2D eigenvalue weighted by Gasteiger charge is -2.62. The number of aromatic nitrogens is 2. The lowest BCUT2D eigenvalue weighted by atomic mass is 9.96. The molecule has 0 saturated heterocycles. The van der Waals surface area contributed by atoms with E-state index in [9.17, 15) is 0 Å². The molecule has 240 valence electrons. The predicted octanol–water partition coefficient (Wildman–Crippen LogP) is 13.5. The molecule has 0 spiro atoms. The summed E-state index contributed by atoms with van der Waals surface area (Å²) >= 11 is 0. The van der Waals surface area contributed by atoms with Crippen molar-refractivity contribution in [2.24, 2.45) is 0 Å². The SMILES string of the molecule is CC(C)(C)S1(C(C)(C)C)n2c3ccc(-c4ccccc4)cc3c3ccc4ccc5c6cc(-c7cccc8ccccc78)ccc6n1c5c4c32. The Bertz CT molecular complexity index is 2820. The van der Waals surface area contributed by atoms with E-state index in [1.54, 1.807) is 0 Å². The van der Waals surface area contributed by atoms with Gasteiger partial charge in [-0.25, -0.2) is 0 Å². The van der Waals surface area contributed by atoms with Gasteiger partial charge in [0.15, 0.2) is 0 Å². The highest BCUT2D eigenvalue weighted by atomic mass is 32.3. The van der Waals surface area contributed by atoms with Crippen molar-refractivity contribution in [2.75, 3.05) is 0 Å². The second kappa shape index (κ2) is 9.58. The Morgan fingerprint density at radius 3 is 1.59 bits per heavy atom. The normalized spacial score (nSPS) is 15.1. The third kappa shape index (κ3) is 3.59. The number of hydrogen-bond donors (Lipinski definition) is 0. The van der Waals surface area contributed by atoms with E-state index in [0.29, 0.717) is 0 Å². The van der Waals surface area contributed by atoms with E-state index in [1.165, 1.54) is 87.4 Å². The fourth-order valence-electron chi connectivity index (χ4n) is 9.44. The van der Waals surface area contributed by atoms with E-state index in [-0.39, 0.29) is 9.49 Å². The molecule has 7 aromatic carbocycles. The number of fused-ring (bicyclic) bond motifs is 7. The molecule has 0 saturated carbocycles. The van der Waals surface area contributed by atoms with Crippen molar-refractivity contribution in [3.05, 3.63) is 133 Å². The van der Waals surface area contributed by atoms with Crippen LogP contribution in [0.1, 0.15) is 41.5 Å². The second-order valence-electron chi connectivity index (χ2n) is 15.7. The van der Waals surface area contributed by atoms with E-state index < -0.39 is 10.4 Å². The van der Waals surface area contributed by atoms with Gasteiger partial charge < -0.3 is 0 Å². The molecule has 3 heterocycles. The smallest absolute Gasteiger partial charge is 0.0704 e. The maximum absolute atomic E-state index is 2.85. The summed E-state index contributed by atoms with van der Waals surface area (Å²) in [4.78, 5) is 0. The molecule has 0 unspecified atom stereocenters. The number of rotatable bonds is 2. The van der Waals surface area contributed by atoms with Crippen LogP contribution in [-0.4, -0.2) is 17.4 Å². The molecule has 9 aromatic rings. The highest BCUT2D eigenvalue weighted by Crippen LogP contribution is 2.74. The molecule has 3 heteroatoms. The van der Waals surface area contributed by atoms with E-state index in [4.69, 9.17) is 0 Å². The van der Waals surface area contributed by atoms with Crippen molar-refractivity contribution in [1.29, 1.82) is 0 Å². The van der Waals surface area contributed by atoms with Gasteiger partial charge in [-0.1, -0.05) is 120 Å². The Morgan fingerprint density at radius 2 is 0.959 bits per heavy atom. The summed E-state index contributed by atoms with van der Waals surface area (Å²) in [5.41, 5.74) is 10.5. The summed E-state index contributed by atoms with van der Waals surface area (Å²) < 4.78 is 5.54. The Morgan fingerprint density at radius 1 is 0.408 bits per heavy atom. The Labute approximate surface area is 289 Å². The van der Waals surface area contributed by atoms with Gasteiger partial charge in [0.25, 0.3) is 0 Å². The molecule has 10 rings (SSSR count). The van der Waals surface area contributed by atoms with Crippen molar-refractivity contribution in [1.82, 2.24) is 7.94 Å². The van der Waals surface area contributed by atoms with Crippen molar-refractivity contribution in [3.63, 3.8) is 0 Å². The van der Waals surface area contributed by atoms with Crippen LogP contribution in [0.3, 0.4) is 0 Å². The first-order valence-corrected chi connectivity index (χ1v) is 19.0. The topological polar surface area (TPSA) is 9.86 Å². The fourth-order valence-corrected chi connectivity index (χ4v) is 15.4. The average molecular weight is 653 g/mol. The van der Waals surface area contributed by atoms with E-state index >= 15 is 0 Å². The zero-order chi connectivity index (χ0) is 33.4. The van der Waals surface area contributed by atoms with Crippen molar-refractivity contribution >= 4 is 75.6 Å². The number of nitrogens with zero attached hydrogens (tertiary/aromatic N) is 2. The quantitative estimate of drug-likeness (QED) is 0.176. The van der Waals surface area contributed by atoms with Gasteiger partial charge in [0.05, 0.1) is 22.1 Å². The summed E-state index contributed by atoms with van der Waals surface area (Å²) in [6.45, 7) is 14.9. The molecule has 1 aliphatic heterocycles. The van der Waals surface area contributed by atoms with Crippen molar-refractivity contribution < 1.29 is 0 Å². The van der Waals surface area contributed by atoms with Crippen LogP contribution in [0.2, 0.25) is 0 Å². The third-order valence-corrected chi connectivity index (χ3v) is 16.2. The Hall–Kier alpha value is -4.99. The molecule has 49 heavy (non-hydrogen) atoms. The minimum Gasteiger partial charge on any atom is -0.284 e. The summed E-state index contributed by atoms with van der Waals surface area (Å²) in [6, 6.07) is 50.3. The van der Waals surface area contributed by atoms with Crippen LogP contribution in [0.4, 0.5) is 0 Å². The molecule has 1 aliphatic rings. The molecule has 0 atom stereocenters. The maximum Gasteiger partial charge on any atom is 0.0704 e. The van der Waals surface area contributed by atoms with E-state index in [1.807, 2.05) is 0 Å². The average Bonchev–Trinajstić information content (AvgIpc) is 3.61. The number of hydrogen-bond acceptors (Lipinski definition) is 0. The molecule has 2 aromatic heterocycles. The first-order chi connectivity index (χ1) is 23.6. The monoisotopic (exact) mass is 652 g/mol. The van der Waals surface area contributed by atoms with Crippen LogP contribution in [0.5, 0.6) is 0 Å². The van der Waals surface area contributed by atoms with E-state index in [0.717, 1.165) is 0 Å². The van der Waals surface area contributed by atoms with Gasteiger partial charge in [-0.15, -0.1) is 0 Å². The lowest BCUT2D eigenvalue weighted by Crippen LogP contribution is -2.47. The first kappa shape index (κ1) is 29.0. The van der Waals surface area contributed by atoms with Gasteiger partial charge in [-0.2, -0.15) is 0 Å². The van der Waals surface area contributed by atoms with Gasteiger partial charge in [-0.05, 0) is 104 Å². The van der Waals surface area contributed by atoms with Crippen LogP contribution in [0, 0.1) is 0 Å². The van der Waals surface area contributed by atoms with Crippen molar-refractivity contribution in [2.45, 2.75) is 51.0 Å². The van der Waals surface area contributed by atoms with Crippen LogP contribution < -0.4 is 0 Å². The third-order valence-electron chi connectivity index (χ3n) is 11.0. The molecule has 0 N–H and O–H groups in total. The van der Waals surface area contributed by atoms with Crippen molar-refractivity contribution in [3.8, 4) is 22.3 Å². The number of benzene rings is 7. The highest BCUT2D eigenvalue weighted by Gasteiger charge is 2.53. The molecule has 2 nitrogen and oxygen atoms in total. The fraction of sp³-hybridized carbons (Fsp3) is 0.174. The van der Waals surface area contributed by atoms with E-state index in [2.05, 4.69) is 183 Å². The maximum atomic E-state index is 2.85. The zero-order valence-corrected chi connectivity index (χ0v) is 29.8. The van der Waals surface area contributed by atoms with Gasteiger partial charge in [0, 0.05) is 36.4 Å². The molecule has 0 radical (unpaired) electrons. The lowest BCUT2D eigenvalue weighted by molar-refractivity contribution is 0.687. The van der Waals surface area contributed by atoms with Crippen LogP contribution in [0.15, 0.2) is 133 Å². The van der Waals surface area contributed by atoms with Crippen LogP contribution >= 0.6 is 10.4 Å². The molecular formula is C46H40N2S. The largest absolute Gasteiger partial charge is 0.284 e. The van der Waals surface area contributed by atoms with Gasteiger partial charge in [-0.3, -0.25) is 7.94 Å². The minimum absolute atomic E-state index is 0.0783. The first-order valence-electron chi connectivity index (χ1n) is 17.4. The molecular weight excluding hydrogens is 613 g/mol. The molecule has 0 bridgehead atoms. The van der Waals surface area contributed by atoms with Gasteiger partial charge in [0.2, 0.25) is 0 Å². The molecule has 0 fully saturated rings. The zero-order valence-electron chi connectivity index (χ0n) is 29.0. The van der Waals surface area contributed by atoms with Crippen LogP contribution in [-0.2, 0) is 0 Å². The highest BCUT2D eigenvalue weighted by molar-refractivity contribution is 8.33. The van der Waals surface area contributed by atoms with Crippen LogP contribution in [0.25, 0.3) is 87.4 Å². The standard InChI is InChI=1S/C46H40N2S/c1-45(2,3)49(46(4,5)6)47-40-25-21-32(29-13-8-7-9-14-29)27-38(40)36-23-19-31-20-24-37-39-28-33(35-18-12-16-30-15-10-11-17-34(30)35)22-26-41(39)48(49)44(37)42(31)43(36)47/h7-28H,1-6H3.